The number of rotatable bonds is 17. The molecule has 1 heterocycles. The Kier molecular flexibility index (Phi) is 13.6. The maximum atomic E-state index is 5.25. The molecular formula is C23H43NO. The number of nitrogens with one attached hydrogen (secondary N) is 1. The van der Waals surface area contributed by atoms with Gasteiger partial charge in [-0.3, -0.25) is 0 Å². The van der Waals surface area contributed by atoms with Crippen molar-refractivity contribution in [3.63, 3.8) is 0 Å². The Morgan fingerprint density at radius 3 is 1.64 bits per heavy atom. The van der Waals surface area contributed by atoms with Crippen molar-refractivity contribution < 1.29 is 4.74 Å². The van der Waals surface area contributed by atoms with Gasteiger partial charge in [0.15, 0.2) is 5.88 Å². The summed E-state index contributed by atoms with van der Waals surface area (Å²) in [6.45, 7) is 8.34. The number of ether oxygens (including phenoxy) is 1. The third-order valence-corrected chi connectivity index (χ3v) is 5.38. The highest BCUT2D eigenvalue weighted by atomic mass is 16.5. The van der Waals surface area contributed by atoms with E-state index in [-0.39, 0.29) is 0 Å². The highest BCUT2D eigenvalue weighted by Gasteiger charge is 2.14. The highest BCUT2D eigenvalue weighted by molar-refractivity contribution is 5.12. The smallest absolute Gasteiger partial charge is 0.189 e. The topological polar surface area (TPSA) is 21.3 Å². The molecule has 0 aromatic carbocycles. The van der Waals surface area contributed by atoms with Crippen LogP contribution in [0.1, 0.15) is 117 Å². The van der Waals surface area contributed by atoms with Crippen LogP contribution in [0.25, 0.3) is 0 Å². The van der Waals surface area contributed by atoms with Crippen LogP contribution in [0.5, 0.6) is 0 Å². The van der Waals surface area contributed by atoms with Crippen LogP contribution in [0, 0.1) is 5.92 Å². The molecule has 0 saturated heterocycles. The Morgan fingerprint density at radius 2 is 1.24 bits per heavy atom. The van der Waals surface area contributed by atoms with Gasteiger partial charge < -0.3 is 10.1 Å². The van der Waals surface area contributed by atoms with Crippen LogP contribution < -0.4 is 5.32 Å². The fourth-order valence-corrected chi connectivity index (χ4v) is 3.57. The molecule has 1 atom stereocenters. The van der Waals surface area contributed by atoms with Crippen LogP contribution >= 0.6 is 0 Å². The normalized spacial score (nSPS) is 15.0. The summed E-state index contributed by atoms with van der Waals surface area (Å²) in [7, 11) is 0. The lowest BCUT2D eigenvalue weighted by Crippen LogP contribution is -2.12. The zero-order chi connectivity index (χ0) is 18.2. The molecule has 0 radical (unpaired) electrons. The molecule has 1 N–H and O–H groups in total. The average molecular weight is 350 g/mol. The van der Waals surface area contributed by atoms with Crippen molar-refractivity contribution in [2.24, 2.45) is 5.92 Å². The average Bonchev–Trinajstić information content (AvgIpc) is 3.04. The van der Waals surface area contributed by atoms with E-state index in [4.69, 9.17) is 4.74 Å². The first-order valence-electron chi connectivity index (χ1n) is 11.1. The molecule has 1 rings (SSSR count). The maximum Gasteiger partial charge on any atom is 0.189 e. The van der Waals surface area contributed by atoms with Gasteiger partial charge in [0.2, 0.25) is 0 Å². The summed E-state index contributed by atoms with van der Waals surface area (Å²) >= 11 is 0. The minimum atomic E-state index is 0.557. The lowest BCUT2D eigenvalue weighted by Gasteiger charge is -2.11. The fraction of sp³-hybridized carbons (Fsp3) is 0.826. The molecule has 2 nitrogen and oxygen atoms in total. The largest absolute Gasteiger partial charge is 0.448 e. The summed E-state index contributed by atoms with van der Waals surface area (Å²) in [6, 6.07) is 0. The van der Waals surface area contributed by atoms with Gasteiger partial charge in [-0.15, -0.1) is 0 Å². The highest BCUT2D eigenvalue weighted by Crippen LogP contribution is 2.21. The quantitative estimate of drug-likeness (QED) is 0.270. The molecule has 0 aliphatic carbocycles. The Hall–Kier alpha value is -0.920. The molecule has 0 saturated carbocycles. The molecule has 25 heavy (non-hydrogen) atoms. The number of unbranched alkanes of at least 4 members (excludes halogenated alkanes) is 14. The number of allylic oxidation sites excluding steroid dienone is 1. The third-order valence-electron chi connectivity index (χ3n) is 5.38. The Morgan fingerprint density at radius 1 is 0.800 bits per heavy atom. The fourth-order valence-electron chi connectivity index (χ4n) is 3.57. The van der Waals surface area contributed by atoms with Crippen molar-refractivity contribution >= 4 is 0 Å². The van der Waals surface area contributed by atoms with E-state index in [0.717, 1.165) is 0 Å². The van der Waals surface area contributed by atoms with E-state index < -0.39 is 0 Å². The van der Waals surface area contributed by atoms with Gasteiger partial charge in [0.1, 0.15) is 6.26 Å². The van der Waals surface area contributed by atoms with Crippen molar-refractivity contribution in [3.05, 3.63) is 24.4 Å². The molecule has 2 heteroatoms. The second kappa shape index (κ2) is 15.3. The van der Waals surface area contributed by atoms with Crippen molar-refractivity contribution in [2.75, 3.05) is 0 Å². The van der Waals surface area contributed by atoms with Gasteiger partial charge in [-0.25, -0.2) is 0 Å². The molecule has 0 amide bonds. The SMILES string of the molecule is C=C1NC(C(C)CCCCCCCCCCCCCCCCC)=CO1. The molecular weight excluding hydrogens is 306 g/mol. The maximum absolute atomic E-state index is 5.25. The van der Waals surface area contributed by atoms with Gasteiger partial charge >= 0.3 is 0 Å². The number of hydrogen-bond donors (Lipinski definition) is 1. The van der Waals surface area contributed by atoms with Crippen molar-refractivity contribution in [2.45, 2.75) is 117 Å². The zero-order valence-electron chi connectivity index (χ0n) is 17.1. The second-order valence-corrected chi connectivity index (χ2v) is 7.88. The van der Waals surface area contributed by atoms with Crippen LogP contribution in [0.2, 0.25) is 0 Å². The lowest BCUT2D eigenvalue weighted by molar-refractivity contribution is 0.359. The van der Waals surface area contributed by atoms with E-state index in [0.29, 0.717) is 11.8 Å². The van der Waals surface area contributed by atoms with Crippen molar-refractivity contribution in [3.8, 4) is 0 Å². The van der Waals surface area contributed by atoms with E-state index in [1.165, 1.54) is 108 Å². The van der Waals surface area contributed by atoms with E-state index in [1.54, 1.807) is 0 Å². The number of hydrogen-bond acceptors (Lipinski definition) is 2. The van der Waals surface area contributed by atoms with Gasteiger partial charge in [-0.2, -0.15) is 0 Å². The van der Waals surface area contributed by atoms with E-state index in [1.807, 2.05) is 6.26 Å². The predicted molar refractivity (Wildman–Crippen MR) is 110 cm³/mol. The van der Waals surface area contributed by atoms with Crippen LogP contribution in [0.4, 0.5) is 0 Å². The van der Waals surface area contributed by atoms with Crippen LogP contribution in [0.3, 0.4) is 0 Å². The van der Waals surface area contributed by atoms with Gasteiger partial charge in [0.25, 0.3) is 0 Å². The van der Waals surface area contributed by atoms with Gasteiger partial charge in [-0.1, -0.05) is 110 Å². The molecule has 0 aromatic heterocycles. The van der Waals surface area contributed by atoms with Crippen molar-refractivity contribution in [1.29, 1.82) is 0 Å². The van der Waals surface area contributed by atoms with Gasteiger partial charge in [-0.05, 0) is 18.9 Å². The monoisotopic (exact) mass is 349 g/mol. The molecule has 146 valence electrons. The Balaban J connectivity index is 1.75. The Bertz CT molecular complexity index is 361. The zero-order valence-corrected chi connectivity index (χ0v) is 17.1. The van der Waals surface area contributed by atoms with E-state index in [9.17, 15) is 0 Å². The van der Waals surface area contributed by atoms with Gasteiger partial charge in [0, 0.05) is 0 Å². The molecule has 0 spiro atoms. The van der Waals surface area contributed by atoms with Crippen molar-refractivity contribution in [1.82, 2.24) is 5.32 Å². The molecule has 1 aliphatic heterocycles. The Labute approximate surface area is 157 Å². The molecule has 0 aromatic rings. The lowest BCUT2D eigenvalue weighted by atomic mass is 9.99. The first-order valence-corrected chi connectivity index (χ1v) is 11.1. The van der Waals surface area contributed by atoms with E-state index >= 15 is 0 Å². The van der Waals surface area contributed by atoms with Crippen LogP contribution in [-0.2, 0) is 4.74 Å². The molecule has 0 bridgehead atoms. The van der Waals surface area contributed by atoms with Crippen LogP contribution in [0.15, 0.2) is 24.4 Å². The first-order chi connectivity index (χ1) is 12.2. The van der Waals surface area contributed by atoms with Gasteiger partial charge in [0.05, 0.1) is 5.70 Å². The summed E-state index contributed by atoms with van der Waals surface area (Å²) < 4.78 is 5.25. The summed E-state index contributed by atoms with van der Waals surface area (Å²) in [4.78, 5) is 0. The summed E-state index contributed by atoms with van der Waals surface area (Å²) in [6.07, 6.45) is 24.5. The molecule has 0 fully saturated rings. The minimum absolute atomic E-state index is 0.557. The first kappa shape index (κ1) is 22.1. The summed E-state index contributed by atoms with van der Waals surface area (Å²) in [5.41, 5.74) is 1.19. The molecule has 1 unspecified atom stereocenters. The standard InChI is InChI=1S/C23H43NO/c1-4-5-6-7-8-9-10-11-12-13-14-15-16-17-18-19-21(2)23-20-25-22(3)24-23/h20-21,24H,3-19H2,1-2H3. The molecule has 1 aliphatic rings. The summed E-state index contributed by atoms with van der Waals surface area (Å²) in [5.74, 6) is 1.22. The minimum Gasteiger partial charge on any atom is -0.448 e. The third kappa shape index (κ3) is 12.1. The predicted octanol–water partition coefficient (Wildman–Crippen LogP) is 7.82. The second-order valence-electron chi connectivity index (χ2n) is 7.88. The van der Waals surface area contributed by atoms with Crippen LogP contribution in [-0.4, -0.2) is 0 Å². The summed E-state index contributed by atoms with van der Waals surface area (Å²) in [5, 5.41) is 3.20. The van der Waals surface area contributed by atoms with E-state index in [2.05, 4.69) is 25.7 Å².